The Kier molecular flexibility index (Phi) is 4.72. The number of ether oxygens (including phenoxy) is 2. The average Bonchev–Trinajstić information content (AvgIpc) is 2.73. The number of rotatable bonds is 3. The van der Waals surface area contributed by atoms with Crippen LogP contribution in [0.2, 0.25) is 0 Å². The van der Waals surface area contributed by atoms with E-state index in [2.05, 4.69) is 10.1 Å². The van der Waals surface area contributed by atoms with Gasteiger partial charge in [0.1, 0.15) is 23.1 Å². The maximum Gasteiger partial charge on any atom is 0.340 e. The predicted octanol–water partition coefficient (Wildman–Crippen LogP) is 4.63. The summed E-state index contributed by atoms with van der Waals surface area (Å²) in [5.41, 5.74) is 0.425. The van der Waals surface area contributed by atoms with Crippen LogP contribution in [-0.2, 0) is 9.53 Å². The van der Waals surface area contributed by atoms with Gasteiger partial charge in [0.05, 0.1) is 24.3 Å². The molecule has 0 fully saturated rings. The first-order valence-corrected chi connectivity index (χ1v) is 8.73. The van der Waals surface area contributed by atoms with Crippen LogP contribution in [-0.4, -0.2) is 19.0 Å². The standard InChI is InChI=1S/C22H15F2NO4/c1-28-22(27)14-10-17(16(24)11-15(14)23)25-21(26)20-12-6-2-4-8-18(12)29-19-9-5-3-7-13(19)20/h2-11,20H,1H3,(H,25,26). The van der Waals surface area contributed by atoms with Gasteiger partial charge in [0.25, 0.3) is 0 Å². The summed E-state index contributed by atoms with van der Waals surface area (Å²) < 4.78 is 38.5. The van der Waals surface area contributed by atoms with Gasteiger partial charge in [-0.05, 0) is 18.2 Å². The van der Waals surface area contributed by atoms with Gasteiger partial charge in [-0.25, -0.2) is 13.6 Å². The Balaban J connectivity index is 1.74. The second-order valence-corrected chi connectivity index (χ2v) is 6.40. The Morgan fingerprint density at radius 3 is 2.10 bits per heavy atom. The van der Waals surface area contributed by atoms with Crippen LogP contribution in [0, 0.1) is 11.6 Å². The van der Waals surface area contributed by atoms with E-state index in [4.69, 9.17) is 4.74 Å². The summed E-state index contributed by atoms with van der Waals surface area (Å²) in [5.74, 6) is -3.34. The number of esters is 1. The third-order valence-corrected chi connectivity index (χ3v) is 4.66. The van der Waals surface area contributed by atoms with Crippen molar-refractivity contribution in [2.75, 3.05) is 12.4 Å². The van der Waals surface area contributed by atoms with Gasteiger partial charge in [-0.2, -0.15) is 0 Å². The van der Waals surface area contributed by atoms with Gasteiger partial charge in [-0.15, -0.1) is 0 Å². The summed E-state index contributed by atoms with van der Waals surface area (Å²) in [7, 11) is 1.08. The fourth-order valence-electron chi connectivity index (χ4n) is 3.31. The molecule has 0 saturated heterocycles. The van der Waals surface area contributed by atoms with Crippen LogP contribution < -0.4 is 10.1 Å². The summed E-state index contributed by atoms with van der Waals surface area (Å²) in [6.07, 6.45) is 0. The highest BCUT2D eigenvalue weighted by Gasteiger charge is 2.33. The zero-order chi connectivity index (χ0) is 20.5. The molecule has 1 aliphatic heterocycles. The van der Waals surface area contributed by atoms with Gasteiger partial charge in [0.2, 0.25) is 5.91 Å². The molecule has 7 heteroatoms. The van der Waals surface area contributed by atoms with Crippen LogP contribution in [0.15, 0.2) is 60.7 Å². The van der Waals surface area contributed by atoms with Gasteiger partial charge in [0, 0.05) is 17.2 Å². The molecule has 1 heterocycles. The minimum atomic E-state index is -1.07. The van der Waals surface area contributed by atoms with E-state index < -0.39 is 35.0 Å². The first kappa shape index (κ1) is 18.6. The molecule has 0 aromatic heterocycles. The highest BCUT2D eigenvalue weighted by atomic mass is 19.1. The molecule has 0 bridgehead atoms. The fourth-order valence-corrected chi connectivity index (χ4v) is 3.31. The molecule has 0 atom stereocenters. The number of carbonyl (C=O) groups is 2. The zero-order valence-corrected chi connectivity index (χ0v) is 15.2. The molecule has 0 spiro atoms. The van der Waals surface area contributed by atoms with Crippen molar-refractivity contribution in [1.82, 2.24) is 0 Å². The number of amides is 1. The summed E-state index contributed by atoms with van der Waals surface area (Å²) in [5, 5.41) is 2.46. The van der Waals surface area contributed by atoms with Crippen molar-refractivity contribution in [2.45, 2.75) is 5.92 Å². The van der Waals surface area contributed by atoms with Crippen LogP contribution in [0.25, 0.3) is 0 Å². The van der Waals surface area contributed by atoms with Crippen molar-refractivity contribution < 1.29 is 27.8 Å². The number of hydrogen-bond donors (Lipinski definition) is 1. The number of benzene rings is 3. The SMILES string of the molecule is COC(=O)c1cc(NC(=O)C2c3ccccc3Oc3ccccc32)c(F)cc1F. The molecule has 5 nitrogen and oxygen atoms in total. The molecular formula is C22H15F2NO4. The second-order valence-electron chi connectivity index (χ2n) is 6.40. The van der Waals surface area contributed by atoms with E-state index in [9.17, 15) is 18.4 Å². The van der Waals surface area contributed by atoms with Crippen molar-refractivity contribution >= 4 is 17.6 Å². The lowest BCUT2D eigenvalue weighted by atomic mass is 9.87. The van der Waals surface area contributed by atoms with Gasteiger partial charge in [-0.1, -0.05) is 36.4 Å². The minimum Gasteiger partial charge on any atom is -0.465 e. The molecule has 0 unspecified atom stereocenters. The van der Waals surface area contributed by atoms with E-state index in [1.807, 2.05) is 0 Å². The zero-order valence-electron chi connectivity index (χ0n) is 15.2. The van der Waals surface area contributed by atoms with Crippen LogP contribution in [0.3, 0.4) is 0 Å². The smallest absolute Gasteiger partial charge is 0.340 e. The van der Waals surface area contributed by atoms with Crippen LogP contribution in [0.1, 0.15) is 27.4 Å². The predicted molar refractivity (Wildman–Crippen MR) is 101 cm³/mol. The second kappa shape index (κ2) is 7.35. The summed E-state index contributed by atoms with van der Waals surface area (Å²) in [6, 6.07) is 15.5. The molecular weight excluding hydrogens is 380 g/mol. The monoisotopic (exact) mass is 395 g/mol. The van der Waals surface area contributed by atoms with Gasteiger partial charge >= 0.3 is 5.97 Å². The molecule has 3 aromatic rings. The number of halogens is 2. The molecule has 0 saturated carbocycles. The lowest BCUT2D eigenvalue weighted by Gasteiger charge is -2.27. The molecule has 4 rings (SSSR count). The highest BCUT2D eigenvalue weighted by Crippen LogP contribution is 2.44. The maximum absolute atomic E-state index is 14.3. The number of hydrogen-bond acceptors (Lipinski definition) is 4. The van der Waals surface area contributed by atoms with E-state index in [1.165, 1.54) is 0 Å². The van der Waals surface area contributed by atoms with Gasteiger partial charge < -0.3 is 14.8 Å². The third-order valence-electron chi connectivity index (χ3n) is 4.66. The number of carbonyl (C=O) groups excluding carboxylic acids is 2. The minimum absolute atomic E-state index is 0.321. The van der Waals surface area contributed by atoms with Gasteiger partial charge in [-0.3, -0.25) is 4.79 Å². The number of anilines is 1. The van der Waals surface area contributed by atoms with Crippen LogP contribution >= 0.6 is 0 Å². The highest BCUT2D eigenvalue weighted by molar-refractivity contribution is 6.00. The number of fused-ring (bicyclic) bond motifs is 2. The van der Waals surface area contributed by atoms with E-state index in [-0.39, 0.29) is 5.69 Å². The molecule has 0 aliphatic carbocycles. The number of para-hydroxylation sites is 2. The summed E-state index contributed by atoms with van der Waals surface area (Å²) in [4.78, 5) is 24.8. The Morgan fingerprint density at radius 1 is 0.931 bits per heavy atom. The molecule has 0 radical (unpaired) electrons. The number of nitrogens with one attached hydrogen (secondary N) is 1. The van der Waals surface area contributed by atoms with Gasteiger partial charge in [0.15, 0.2) is 0 Å². The van der Waals surface area contributed by atoms with Crippen molar-refractivity contribution in [3.63, 3.8) is 0 Å². The molecule has 1 aliphatic rings. The lowest BCUT2D eigenvalue weighted by Crippen LogP contribution is -2.25. The fraction of sp³-hybridized carbons (Fsp3) is 0.0909. The van der Waals surface area contributed by atoms with E-state index in [0.717, 1.165) is 13.2 Å². The van der Waals surface area contributed by atoms with Crippen molar-refractivity contribution in [2.24, 2.45) is 0 Å². The van der Waals surface area contributed by atoms with Crippen molar-refractivity contribution in [3.05, 3.63) is 89.0 Å². The molecule has 29 heavy (non-hydrogen) atoms. The molecule has 3 aromatic carbocycles. The maximum atomic E-state index is 14.3. The largest absolute Gasteiger partial charge is 0.465 e. The summed E-state index contributed by atoms with van der Waals surface area (Å²) >= 11 is 0. The Morgan fingerprint density at radius 2 is 1.52 bits per heavy atom. The van der Waals surface area contributed by atoms with Crippen molar-refractivity contribution in [1.29, 1.82) is 0 Å². The van der Waals surface area contributed by atoms with E-state index >= 15 is 0 Å². The third kappa shape index (κ3) is 3.31. The molecule has 146 valence electrons. The number of methoxy groups -OCH3 is 1. The summed E-state index contributed by atoms with van der Waals surface area (Å²) in [6.45, 7) is 0. The average molecular weight is 395 g/mol. The quantitative estimate of drug-likeness (QED) is 0.657. The van der Waals surface area contributed by atoms with E-state index in [0.29, 0.717) is 28.7 Å². The van der Waals surface area contributed by atoms with Crippen LogP contribution in [0.5, 0.6) is 11.5 Å². The van der Waals surface area contributed by atoms with E-state index in [1.54, 1.807) is 48.5 Å². The Labute approximate surface area is 164 Å². The van der Waals surface area contributed by atoms with Crippen molar-refractivity contribution in [3.8, 4) is 11.5 Å². The first-order valence-electron chi connectivity index (χ1n) is 8.73. The Hall–Kier alpha value is -3.74. The topological polar surface area (TPSA) is 64.6 Å². The first-order chi connectivity index (χ1) is 14.0. The van der Waals surface area contributed by atoms with Crippen LogP contribution in [0.4, 0.5) is 14.5 Å². The normalized spacial score (nSPS) is 12.4. The lowest BCUT2D eigenvalue weighted by molar-refractivity contribution is -0.116. The molecule has 1 N–H and O–H groups in total. The Bertz CT molecular complexity index is 1080. The molecule has 1 amide bonds.